The molecule has 1 aromatic heterocycles. The van der Waals surface area contributed by atoms with Crippen LogP contribution in [0.3, 0.4) is 0 Å². The topological polar surface area (TPSA) is 80.7 Å². The van der Waals surface area contributed by atoms with E-state index in [1.807, 2.05) is 0 Å². The van der Waals surface area contributed by atoms with Crippen LogP contribution in [-0.4, -0.2) is 26.0 Å². The molecule has 1 heterocycles. The second kappa shape index (κ2) is 5.64. The lowest BCUT2D eigenvalue weighted by Crippen LogP contribution is -2.06. The Kier molecular flexibility index (Phi) is 4.81. The first-order valence-corrected chi connectivity index (χ1v) is 7.26. The van der Waals surface area contributed by atoms with E-state index in [9.17, 15) is 17.8 Å². The summed E-state index contributed by atoms with van der Waals surface area (Å²) in [6.07, 6.45) is 0. The number of thiophene rings is 1. The number of carbonyl (C=O) groups is 1. The molecule has 0 amide bonds. The first-order chi connectivity index (χ1) is 8.34. The summed E-state index contributed by atoms with van der Waals surface area (Å²) in [5.41, 5.74) is 0. The maximum Gasteiger partial charge on any atom is 0.349 e. The SMILES string of the molecule is COC(=O)c1sc2cc(Cl)ccc2c1S(=O)(=O)O.Cl. The molecule has 0 unspecified atom stereocenters. The minimum Gasteiger partial charge on any atom is -0.465 e. The van der Waals surface area contributed by atoms with Crippen molar-refractivity contribution >= 4 is 61.5 Å². The van der Waals surface area contributed by atoms with Crippen LogP contribution in [0.25, 0.3) is 10.1 Å². The molecule has 0 atom stereocenters. The molecule has 0 saturated heterocycles. The number of halogens is 2. The third kappa shape index (κ3) is 3.01. The van der Waals surface area contributed by atoms with Gasteiger partial charge in [0.05, 0.1) is 7.11 Å². The minimum atomic E-state index is -4.52. The highest BCUT2D eigenvalue weighted by atomic mass is 35.5. The zero-order valence-corrected chi connectivity index (χ0v) is 12.6. The van der Waals surface area contributed by atoms with E-state index >= 15 is 0 Å². The summed E-state index contributed by atoms with van der Waals surface area (Å²) < 4.78 is 36.9. The molecule has 2 rings (SSSR count). The normalized spacial score (nSPS) is 11.1. The zero-order chi connectivity index (χ0) is 13.5. The number of methoxy groups -OCH3 is 1. The number of rotatable bonds is 2. The van der Waals surface area contributed by atoms with Gasteiger partial charge in [-0.3, -0.25) is 4.55 Å². The number of benzene rings is 1. The van der Waals surface area contributed by atoms with Gasteiger partial charge in [-0.15, -0.1) is 23.7 Å². The third-order valence-electron chi connectivity index (χ3n) is 2.24. The molecule has 0 aliphatic rings. The number of fused-ring (bicyclic) bond motifs is 1. The monoisotopic (exact) mass is 342 g/mol. The van der Waals surface area contributed by atoms with Crippen molar-refractivity contribution in [2.45, 2.75) is 4.90 Å². The van der Waals surface area contributed by atoms with Crippen molar-refractivity contribution < 1.29 is 22.5 Å². The summed E-state index contributed by atoms with van der Waals surface area (Å²) in [5.74, 6) is -0.819. The van der Waals surface area contributed by atoms with E-state index in [4.69, 9.17) is 11.6 Å². The molecule has 104 valence electrons. The Labute approximate surface area is 124 Å². The fourth-order valence-electron chi connectivity index (χ4n) is 1.53. The standard InChI is InChI=1S/C10H7ClO5S2.ClH/c1-16-10(12)8-9(18(13,14)15)6-3-2-5(11)4-7(6)17-8;/h2-4H,1H3,(H,13,14,15);1H. The summed E-state index contributed by atoms with van der Waals surface area (Å²) in [7, 11) is -3.39. The van der Waals surface area contributed by atoms with Gasteiger partial charge in [0.15, 0.2) is 0 Å². The van der Waals surface area contributed by atoms with E-state index in [-0.39, 0.29) is 22.7 Å². The molecule has 2 aromatic rings. The average molecular weight is 343 g/mol. The van der Waals surface area contributed by atoms with Gasteiger partial charge in [0, 0.05) is 15.1 Å². The van der Waals surface area contributed by atoms with E-state index in [0.717, 1.165) is 18.4 Å². The van der Waals surface area contributed by atoms with Gasteiger partial charge in [0.25, 0.3) is 10.1 Å². The zero-order valence-electron chi connectivity index (χ0n) is 9.41. The maximum atomic E-state index is 11.5. The second-order valence-electron chi connectivity index (χ2n) is 3.37. The molecule has 0 saturated carbocycles. The third-order valence-corrected chi connectivity index (χ3v) is 4.67. The van der Waals surface area contributed by atoms with Crippen molar-refractivity contribution in [3.05, 3.63) is 28.1 Å². The van der Waals surface area contributed by atoms with Gasteiger partial charge in [-0.1, -0.05) is 17.7 Å². The lowest BCUT2D eigenvalue weighted by atomic mass is 10.2. The van der Waals surface area contributed by atoms with Crippen LogP contribution in [0.4, 0.5) is 0 Å². The van der Waals surface area contributed by atoms with Crippen LogP contribution in [0.1, 0.15) is 9.67 Å². The number of hydrogen-bond donors (Lipinski definition) is 1. The lowest BCUT2D eigenvalue weighted by Gasteiger charge is -1.99. The minimum absolute atomic E-state index is 0. The van der Waals surface area contributed by atoms with Crippen molar-refractivity contribution in [1.82, 2.24) is 0 Å². The number of esters is 1. The van der Waals surface area contributed by atoms with Crippen molar-refractivity contribution in [3.63, 3.8) is 0 Å². The quantitative estimate of drug-likeness (QED) is 0.670. The Morgan fingerprint density at radius 3 is 2.58 bits per heavy atom. The van der Waals surface area contributed by atoms with Crippen molar-refractivity contribution in [1.29, 1.82) is 0 Å². The van der Waals surface area contributed by atoms with Crippen molar-refractivity contribution in [2.24, 2.45) is 0 Å². The van der Waals surface area contributed by atoms with Crippen LogP contribution in [-0.2, 0) is 14.9 Å². The highest BCUT2D eigenvalue weighted by molar-refractivity contribution is 7.86. The van der Waals surface area contributed by atoms with Gasteiger partial charge in [0.1, 0.15) is 9.77 Å². The molecule has 1 aromatic carbocycles. The molecule has 1 N–H and O–H groups in total. The van der Waals surface area contributed by atoms with Crippen LogP contribution in [0.15, 0.2) is 23.1 Å². The fourth-order valence-corrected chi connectivity index (χ4v) is 4.10. The van der Waals surface area contributed by atoms with Crippen LogP contribution >= 0.6 is 35.3 Å². The summed E-state index contributed by atoms with van der Waals surface area (Å²) in [6, 6.07) is 4.43. The molecule has 19 heavy (non-hydrogen) atoms. The molecule has 0 fully saturated rings. The number of hydrogen-bond acceptors (Lipinski definition) is 5. The Bertz CT molecular complexity index is 736. The van der Waals surface area contributed by atoms with E-state index in [2.05, 4.69) is 4.74 Å². The summed E-state index contributed by atoms with van der Waals surface area (Å²) in [5, 5.41) is 0.648. The van der Waals surface area contributed by atoms with Crippen LogP contribution in [0, 0.1) is 0 Å². The Morgan fingerprint density at radius 1 is 1.42 bits per heavy atom. The van der Waals surface area contributed by atoms with E-state index in [1.54, 1.807) is 0 Å². The lowest BCUT2D eigenvalue weighted by molar-refractivity contribution is 0.0602. The van der Waals surface area contributed by atoms with E-state index in [0.29, 0.717) is 9.72 Å². The Morgan fingerprint density at radius 2 is 2.05 bits per heavy atom. The van der Waals surface area contributed by atoms with Gasteiger partial charge >= 0.3 is 5.97 Å². The Balaban J connectivity index is 0.00000180. The summed E-state index contributed by atoms with van der Waals surface area (Å²) in [4.78, 5) is 10.9. The first-order valence-electron chi connectivity index (χ1n) is 4.62. The first kappa shape index (κ1) is 16.2. The maximum absolute atomic E-state index is 11.5. The molecule has 0 aliphatic carbocycles. The van der Waals surface area contributed by atoms with E-state index < -0.39 is 21.0 Å². The van der Waals surface area contributed by atoms with Crippen LogP contribution in [0.5, 0.6) is 0 Å². The highest BCUT2D eigenvalue weighted by Gasteiger charge is 2.27. The highest BCUT2D eigenvalue weighted by Crippen LogP contribution is 2.36. The Hall–Kier alpha value is -0.860. The van der Waals surface area contributed by atoms with Gasteiger partial charge < -0.3 is 4.74 Å². The van der Waals surface area contributed by atoms with Gasteiger partial charge in [0.2, 0.25) is 0 Å². The second-order valence-corrected chi connectivity index (χ2v) is 6.21. The smallest absolute Gasteiger partial charge is 0.349 e. The van der Waals surface area contributed by atoms with E-state index in [1.165, 1.54) is 18.2 Å². The number of carbonyl (C=O) groups excluding carboxylic acids is 1. The molecule has 0 spiro atoms. The van der Waals surface area contributed by atoms with Crippen molar-refractivity contribution in [3.8, 4) is 0 Å². The molecular weight excluding hydrogens is 335 g/mol. The van der Waals surface area contributed by atoms with Crippen molar-refractivity contribution in [2.75, 3.05) is 7.11 Å². The molecule has 0 aliphatic heterocycles. The predicted molar refractivity (Wildman–Crippen MR) is 75.2 cm³/mol. The molecule has 9 heteroatoms. The van der Waals surface area contributed by atoms with Crippen LogP contribution in [0.2, 0.25) is 5.02 Å². The summed E-state index contributed by atoms with van der Waals surface area (Å²) in [6.45, 7) is 0. The number of ether oxygens (including phenoxy) is 1. The van der Waals surface area contributed by atoms with Crippen LogP contribution < -0.4 is 0 Å². The molecule has 0 radical (unpaired) electrons. The average Bonchev–Trinajstić information content (AvgIpc) is 2.65. The van der Waals surface area contributed by atoms with Gasteiger partial charge in [-0.05, 0) is 12.1 Å². The van der Waals surface area contributed by atoms with Gasteiger partial charge in [-0.25, -0.2) is 4.79 Å². The molecule has 5 nitrogen and oxygen atoms in total. The fraction of sp³-hybridized carbons (Fsp3) is 0.100. The van der Waals surface area contributed by atoms with Gasteiger partial charge in [-0.2, -0.15) is 8.42 Å². The summed E-state index contributed by atoms with van der Waals surface area (Å²) >= 11 is 6.69. The predicted octanol–water partition coefficient (Wildman–Crippen LogP) is 3.01. The molecule has 0 bridgehead atoms. The molecular formula is C10H8Cl2O5S2. The largest absolute Gasteiger partial charge is 0.465 e.